The van der Waals surface area contributed by atoms with Crippen LogP contribution in [0.25, 0.3) is 0 Å². The Morgan fingerprint density at radius 1 is 1.33 bits per heavy atom. The minimum Gasteiger partial charge on any atom is -0.377 e. The Balaban J connectivity index is 2.13. The van der Waals surface area contributed by atoms with Gasteiger partial charge in [0.15, 0.2) is 0 Å². The van der Waals surface area contributed by atoms with Crippen LogP contribution in [0.4, 0.5) is 10.1 Å². The molecule has 0 aliphatic rings. The molecule has 0 bridgehead atoms. The van der Waals surface area contributed by atoms with Gasteiger partial charge >= 0.3 is 0 Å². The summed E-state index contributed by atoms with van der Waals surface area (Å²) in [6.45, 7) is 1.96. The molecule has 0 fully saturated rings. The van der Waals surface area contributed by atoms with E-state index < -0.39 is 0 Å². The van der Waals surface area contributed by atoms with Crippen molar-refractivity contribution in [1.82, 2.24) is 4.98 Å². The van der Waals surface area contributed by atoms with Crippen LogP contribution in [0.5, 0.6) is 0 Å². The molecule has 0 saturated heterocycles. The predicted octanol–water partition coefficient (Wildman–Crippen LogP) is 4.81. The molecule has 0 amide bonds. The van der Waals surface area contributed by atoms with Gasteiger partial charge in [0, 0.05) is 10.2 Å². The van der Waals surface area contributed by atoms with E-state index >= 15 is 0 Å². The van der Waals surface area contributed by atoms with E-state index in [4.69, 9.17) is 11.6 Å². The fraction of sp³-hybridized carbons (Fsp3) is 0.154. The van der Waals surface area contributed by atoms with Crippen LogP contribution in [0, 0.1) is 5.82 Å². The number of benzene rings is 1. The molecule has 2 rings (SSSR count). The van der Waals surface area contributed by atoms with E-state index in [-0.39, 0.29) is 11.9 Å². The molecule has 1 unspecified atom stereocenters. The molecule has 0 radical (unpaired) electrons. The first kappa shape index (κ1) is 13.3. The molecule has 1 atom stereocenters. The van der Waals surface area contributed by atoms with Crippen LogP contribution in [0.3, 0.4) is 0 Å². The van der Waals surface area contributed by atoms with Gasteiger partial charge in [-0.2, -0.15) is 0 Å². The van der Waals surface area contributed by atoms with Gasteiger partial charge in [-0.05, 0) is 53.2 Å². The van der Waals surface area contributed by atoms with Crippen molar-refractivity contribution in [3.8, 4) is 0 Å². The second-order valence-corrected chi connectivity index (χ2v) is 5.16. The number of pyridine rings is 1. The lowest BCUT2D eigenvalue weighted by atomic mass is 10.2. The summed E-state index contributed by atoms with van der Waals surface area (Å²) in [4.78, 5) is 4.04. The van der Waals surface area contributed by atoms with Crippen molar-refractivity contribution in [2.24, 2.45) is 0 Å². The highest BCUT2D eigenvalue weighted by Crippen LogP contribution is 2.27. The molecule has 18 heavy (non-hydrogen) atoms. The summed E-state index contributed by atoms with van der Waals surface area (Å²) < 4.78 is 13.6. The molecule has 5 heteroatoms. The standard InChI is InChI=1S/C13H11BrClFN2/c1-8(13-5-2-9(16)7-17-13)18-10-3-4-12(15)11(14)6-10/h2-8,18H,1H3. The summed E-state index contributed by atoms with van der Waals surface area (Å²) in [5.41, 5.74) is 1.70. The number of anilines is 1. The fourth-order valence-electron chi connectivity index (χ4n) is 1.55. The molecular formula is C13H11BrClFN2. The van der Waals surface area contributed by atoms with Crippen LogP contribution in [-0.4, -0.2) is 4.98 Å². The maximum atomic E-state index is 12.8. The van der Waals surface area contributed by atoms with Gasteiger partial charge < -0.3 is 5.32 Å². The molecule has 2 aromatic rings. The molecule has 2 nitrogen and oxygen atoms in total. The summed E-state index contributed by atoms with van der Waals surface area (Å²) in [7, 11) is 0. The smallest absolute Gasteiger partial charge is 0.141 e. The van der Waals surface area contributed by atoms with E-state index in [1.165, 1.54) is 12.3 Å². The van der Waals surface area contributed by atoms with Crippen molar-refractivity contribution < 1.29 is 4.39 Å². The average molecular weight is 330 g/mol. The highest BCUT2D eigenvalue weighted by Gasteiger charge is 2.07. The van der Waals surface area contributed by atoms with Crippen molar-refractivity contribution in [2.75, 3.05) is 5.32 Å². The average Bonchev–Trinajstić information content (AvgIpc) is 2.34. The van der Waals surface area contributed by atoms with Crippen LogP contribution in [0.15, 0.2) is 41.0 Å². The number of rotatable bonds is 3. The molecule has 94 valence electrons. The predicted molar refractivity (Wildman–Crippen MR) is 75.4 cm³/mol. The molecule has 1 aromatic carbocycles. The Bertz CT molecular complexity index is 545. The largest absolute Gasteiger partial charge is 0.377 e. The monoisotopic (exact) mass is 328 g/mol. The van der Waals surface area contributed by atoms with Crippen LogP contribution in [0.2, 0.25) is 5.02 Å². The molecule has 0 aliphatic carbocycles. The van der Waals surface area contributed by atoms with E-state index in [2.05, 4.69) is 26.2 Å². The summed E-state index contributed by atoms with van der Waals surface area (Å²) in [6.07, 6.45) is 1.21. The SMILES string of the molecule is CC(Nc1ccc(Cl)c(Br)c1)c1ccc(F)cn1. The van der Waals surface area contributed by atoms with Gasteiger partial charge in [0.05, 0.1) is 23.0 Å². The number of halogens is 3. The zero-order valence-corrected chi connectivity index (χ0v) is 12.0. The Labute approximate surface area is 118 Å². The molecule has 0 spiro atoms. The molecule has 1 heterocycles. The van der Waals surface area contributed by atoms with E-state index in [0.29, 0.717) is 5.02 Å². The second-order valence-electron chi connectivity index (χ2n) is 3.90. The lowest BCUT2D eigenvalue weighted by Crippen LogP contribution is -2.08. The zero-order chi connectivity index (χ0) is 13.1. The van der Waals surface area contributed by atoms with Gasteiger partial charge in [0.2, 0.25) is 0 Å². The van der Waals surface area contributed by atoms with Crippen LogP contribution < -0.4 is 5.32 Å². The highest BCUT2D eigenvalue weighted by molar-refractivity contribution is 9.10. The second kappa shape index (κ2) is 5.67. The number of nitrogens with one attached hydrogen (secondary N) is 1. The third kappa shape index (κ3) is 3.21. The Kier molecular flexibility index (Phi) is 4.19. The van der Waals surface area contributed by atoms with Crippen molar-refractivity contribution in [1.29, 1.82) is 0 Å². The maximum Gasteiger partial charge on any atom is 0.141 e. The van der Waals surface area contributed by atoms with Crippen molar-refractivity contribution >= 4 is 33.2 Å². The maximum absolute atomic E-state index is 12.8. The third-order valence-electron chi connectivity index (χ3n) is 2.50. The van der Waals surface area contributed by atoms with E-state index in [1.807, 2.05) is 19.1 Å². The number of nitrogens with zero attached hydrogens (tertiary/aromatic N) is 1. The van der Waals surface area contributed by atoms with Gasteiger partial charge in [0.1, 0.15) is 5.82 Å². The minimum absolute atomic E-state index is 0.0151. The topological polar surface area (TPSA) is 24.9 Å². The van der Waals surface area contributed by atoms with Crippen molar-refractivity contribution in [3.63, 3.8) is 0 Å². The molecular weight excluding hydrogens is 319 g/mol. The number of aromatic nitrogens is 1. The molecule has 1 aromatic heterocycles. The summed E-state index contributed by atoms with van der Waals surface area (Å²) in [6, 6.07) is 8.63. The minimum atomic E-state index is -0.333. The number of hydrogen-bond acceptors (Lipinski definition) is 2. The molecule has 0 saturated carbocycles. The Morgan fingerprint density at radius 3 is 2.72 bits per heavy atom. The first-order chi connectivity index (χ1) is 8.56. The molecule has 0 aliphatic heterocycles. The Hall–Kier alpha value is -1.13. The van der Waals surface area contributed by atoms with Crippen LogP contribution in [0.1, 0.15) is 18.7 Å². The third-order valence-corrected chi connectivity index (χ3v) is 3.71. The van der Waals surface area contributed by atoms with Gasteiger partial charge in [-0.15, -0.1) is 0 Å². The summed E-state index contributed by atoms with van der Waals surface area (Å²) >= 11 is 9.29. The van der Waals surface area contributed by atoms with E-state index in [9.17, 15) is 4.39 Å². The van der Waals surface area contributed by atoms with Gasteiger partial charge in [-0.1, -0.05) is 11.6 Å². The quantitative estimate of drug-likeness (QED) is 0.874. The van der Waals surface area contributed by atoms with Gasteiger partial charge in [-0.3, -0.25) is 4.98 Å². The van der Waals surface area contributed by atoms with Crippen LogP contribution in [-0.2, 0) is 0 Å². The van der Waals surface area contributed by atoms with E-state index in [0.717, 1.165) is 15.9 Å². The molecule has 1 N–H and O–H groups in total. The Morgan fingerprint density at radius 2 is 2.11 bits per heavy atom. The highest BCUT2D eigenvalue weighted by atomic mass is 79.9. The first-order valence-corrected chi connectivity index (χ1v) is 6.56. The first-order valence-electron chi connectivity index (χ1n) is 5.39. The van der Waals surface area contributed by atoms with Crippen molar-refractivity contribution in [2.45, 2.75) is 13.0 Å². The lowest BCUT2D eigenvalue weighted by Gasteiger charge is -2.15. The summed E-state index contributed by atoms with van der Waals surface area (Å²) in [5.74, 6) is -0.333. The van der Waals surface area contributed by atoms with E-state index in [1.54, 1.807) is 12.1 Å². The lowest BCUT2D eigenvalue weighted by molar-refractivity contribution is 0.617. The van der Waals surface area contributed by atoms with Gasteiger partial charge in [-0.25, -0.2) is 4.39 Å². The van der Waals surface area contributed by atoms with Crippen molar-refractivity contribution in [3.05, 3.63) is 57.5 Å². The fourth-order valence-corrected chi connectivity index (χ4v) is 2.05. The van der Waals surface area contributed by atoms with Crippen LogP contribution >= 0.6 is 27.5 Å². The van der Waals surface area contributed by atoms with Gasteiger partial charge in [0.25, 0.3) is 0 Å². The normalized spacial score (nSPS) is 12.2. The summed E-state index contributed by atoms with van der Waals surface area (Å²) in [5, 5.41) is 3.93. The number of hydrogen-bond donors (Lipinski definition) is 1. The zero-order valence-electron chi connectivity index (χ0n) is 9.62.